The zero-order valence-electron chi connectivity index (χ0n) is 11.5. The topological polar surface area (TPSA) is 137 Å². The van der Waals surface area contributed by atoms with Crippen molar-refractivity contribution in [2.24, 2.45) is 5.73 Å². The highest BCUT2D eigenvalue weighted by Gasteiger charge is 2.39. The number of hydroxylamine groups is 2. The Hall–Kier alpha value is -3.56. The van der Waals surface area contributed by atoms with E-state index >= 15 is 0 Å². The minimum absolute atomic E-state index is 0.141. The normalized spacial score (nSPS) is 13.1. The summed E-state index contributed by atoms with van der Waals surface area (Å²) in [4.78, 5) is 51.6. The summed E-state index contributed by atoms with van der Waals surface area (Å²) >= 11 is 0. The van der Waals surface area contributed by atoms with Gasteiger partial charge in [-0.2, -0.15) is 0 Å². The van der Waals surface area contributed by atoms with Crippen LogP contribution in [0.4, 0.5) is 0 Å². The van der Waals surface area contributed by atoms with Crippen molar-refractivity contribution in [2.45, 2.75) is 6.54 Å². The fraction of sp³-hybridized carbons (Fsp3) is 0.0769. The molecule has 2 aromatic rings. The van der Waals surface area contributed by atoms with Crippen molar-refractivity contribution in [3.8, 4) is 0 Å². The molecule has 2 heterocycles. The monoisotopic (exact) mass is 315 g/mol. The lowest BCUT2D eigenvalue weighted by atomic mass is 10.1. The number of carbonyl (C=O) groups is 4. The highest BCUT2D eigenvalue weighted by atomic mass is 16.7. The summed E-state index contributed by atoms with van der Waals surface area (Å²) in [7, 11) is 0. The number of carbonyl (C=O) groups excluding carboxylic acids is 4. The Morgan fingerprint density at radius 3 is 2.30 bits per heavy atom. The van der Waals surface area contributed by atoms with Crippen LogP contribution in [0.5, 0.6) is 0 Å². The molecule has 3 rings (SSSR count). The Labute approximate surface area is 128 Å². The molecule has 0 aliphatic carbocycles. The third-order valence-corrected chi connectivity index (χ3v) is 3.00. The van der Waals surface area contributed by atoms with Gasteiger partial charge in [-0.25, -0.2) is 9.48 Å². The van der Waals surface area contributed by atoms with E-state index in [-0.39, 0.29) is 23.4 Å². The van der Waals surface area contributed by atoms with E-state index in [4.69, 9.17) is 10.6 Å². The lowest BCUT2D eigenvalue weighted by Gasteiger charge is -2.11. The van der Waals surface area contributed by atoms with Crippen LogP contribution in [0.3, 0.4) is 0 Å². The predicted molar refractivity (Wildman–Crippen MR) is 71.6 cm³/mol. The summed E-state index contributed by atoms with van der Waals surface area (Å²) in [6, 6.07) is 6.08. The number of fused-ring (bicyclic) bond motifs is 1. The first-order chi connectivity index (χ1) is 11.0. The van der Waals surface area contributed by atoms with Gasteiger partial charge in [-0.1, -0.05) is 22.4 Å². The number of hydrogen-bond acceptors (Lipinski definition) is 7. The van der Waals surface area contributed by atoms with Gasteiger partial charge < -0.3 is 10.6 Å². The van der Waals surface area contributed by atoms with Crippen LogP contribution in [0, 0.1) is 0 Å². The molecule has 23 heavy (non-hydrogen) atoms. The minimum Gasteiger partial charge on any atom is -0.368 e. The Bertz CT molecular complexity index is 808. The molecule has 0 bridgehead atoms. The number of aromatic nitrogens is 3. The molecule has 0 unspecified atom stereocenters. The third kappa shape index (κ3) is 2.52. The number of primary amides is 1. The second-order valence-electron chi connectivity index (χ2n) is 4.60. The standard InChI is InChI=1S/C13H9N5O5/c14-10(19)6-17-5-9(15-16-17)13(22)23-18-11(20)7-3-1-2-4-8(7)12(18)21/h1-5H,6H2,(H2,14,19). The van der Waals surface area contributed by atoms with Crippen molar-refractivity contribution in [3.63, 3.8) is 0 Å². The highest BCUT2D eigenvalue weighted by molar-refractivity contribution is 6.21. The SMILES string of the molecule is NC(=O)Cn1cc(C(=O)ON2C(=O)c3ccccc3C2=O)nn1. The van der Waals surface area contributed by atoms with E-state index < -0.39 is 23.7 Å². The van der Waals surface area contributed by atoms with Crippen LogP contribution in [0.1, 0.15) is 31.2 Å². The van der Waals surface area contributed by atoms with Gasteiger partial charge >= 0.3 is 5.97 Å². The van der Waals surface area contributed by atoms with Gasteiger partial charge in [-0.3, -0.25) is 14.4 Å². The number of rotatable bonds is 4. The molecule has 0 spiro atoms. The summed E-state index contributed by atoms with van der Waals surface area (Å²) in [6.07, 6.45) is 1.12. The van der Waals surface area contributed by atoms with Crippen LogP contribution in [0.15, 0.2) is 30.5 Å². The highest BCUT2D eigenvalue weighted by Crippen LogP contribution is 2.23. The lowest BCUT2D eigenvalue weighted by molar-refractivity contribution is -0.118. The molecular weight excluding hydrogens is 306 g/mol. The van der Waals surface area contributed by atoms with E-state index in [1.807, 2.05) is 0 Å². The molecule has 10 heteroatoms. The van der Waals surface area contributed by atoms with Crippen LogP contribution in [0.2, 0.25) is 0 Å². The summed E-state index contributed by atoms with van der Waals surface area (Å²) < 4.78 is 1.03. The molecule has 10 nitrogen and oxygen atoms in total. The lowest BCUT2D eigenvalue weighted by Crippen LogP contribution is -2.32. The van der Waals surface area contributed by atoms with E-state index in [9.17, 15) is 19.2 Å². The molecule has 116 valence electrons. The van der Waals surface area contributed by atoms with Crippen molar-refractivity contribution in [2.75, 3.05) is 0 Å². The quantitative estimate of drug-likeness (QED) is 0.724. The maximum Gasteiger partial charge on any atom is 0.385 e. The Kier molecular flexibility index (Phi) is 3.33. The number of nitrogens with two attached hydrogens (primary N) is 1. The van der Waals surface area contributed by atoms with Crippen LogP contribution >= 0.6 is 0 Å². The summed E-state index contributed by atoms with van der Waals surface area (Å²) in [5.74, 6) is -3.22. The van der Waals surface area contributed by atoms with Gasteiger partial charge in [0, 0.05) is 0 Å². The van der Waals surface area contributed by atoms with Gasteiger partial charge in [0.1, 0.15) is 6.54 Å². The molecule has 2 N–H and O–H groups in total. The van der Waals surface area contributed by atoms with Gasteiger partial charge in [-0.15, -0.1) is 5.10 Å². The number of benzene rings is 1. The van der Waals surface area contributed by atoms with Gasteiger partial charge in [0.2, 0.25) is 5.91 Å². The van der Waals surface area contributed by atoms with E-state index in [1.54, 1.807) is 12.1 Å². The van der Waals surface area contributed by atoms with E-state index in [2.05, 4.69) is 10.3 Å². The third-order valence-electron chi connectivity index (χ3n) is 3.00. The molecule has 0 fully saturated rings. The fourth-order valence-electron chi connectivity index (χ4n) is 2.01. The summed E-state index contributed by atoms with van der Waals surface area (Å²) in [5.41, 5.74) is 4.99. The van der Waals surface area contributed by atoms with Gasteiger partial charge in [0.05, 0.1) is 17.3 Å². The first-order valence-electron chi connectivity index (χ1n) is 6.36. The summed E-state index contributed by atoms with van der Waals surface area (Å²) in [6.45, 7) is -0.271. The summed E-state index contributed by atoms with van der Waals surface area (Å²) in [5, 5.41) is 7.36. The Balaban J connectivity index is 1.76. The van der Waals surface area contributed by atoms with Crippen LogP contribution in [-0.2, 0) is 16.2 Å². The molecule has 0 saturated carbocycles. The Morgan fingerprint density at radius 2 is 1.74 bits per heavy atom. The molecule has 1 aliphatic rings. The zero-order chi connectivity index (χ0) is 16.6. The van der Waals surface area contributed by atoms with Crippen LogP contribution in [0.25, 0.3) is 0 Å². The van der Waals surface area contributed by atoms with Crippen molar-refractivity contribution >= 4 is 23.7 Å². The van der Waals surface area contributed by atoms with E-state index in [1.165, 1.54) is 12.1 Å². The van der Waals surface area contributed by atoms with Crippen LogP contribution < -0.4 is 5.73 Å². The number of imide groups is 1. The van der Waals surface area contributed by atoms with Crippen molar-refractivity contribution in [1.29, 1.82) is 0 Å². The number of hydrogen-bond donors (Lipinski definition) is 1. The Morgan fingerprint density at radius 1 is 1.13 bits per heavy atom. The van der Waals surface area contributed by atoms with Gasteiger partial charge in [-0.05, 0) is 12.1 Å². The second-order valence-corrected chi connectivity index (χ2v) is 4.60. The number of nitrogens with zero attached hydrogens (tertiary/aromatic N) is 4. The van der Waals surface area contributed by atoms with Crippen LogP contribution in [-0.4, -0.2) is 43.7 Å². The largest absolute Gasteiger partial charge is 0.385 e. The van der Waals surface area contributed by atoms with Gasteiger partial charge in [0.25, 0.3) is 11.8 Å². The maximum absolute atomic E-state index is 12.1. The van der Waals surface area contributed by atoms with E-state index in [0.717, 1.165) is 10.9 Å². The molecule has 1 aliphatic heterocycles. The second kappa shape index (κ2) is 5.33. The molecule has 0 radical (unpaired) electrons. The maximum atomic E-state index is 12.1. The molecule has 1 aromatic carbocycles. The first-order valence-corrected chi connectivity index (χ1v) is 6.36. The predicted octanol–water partition coefficient (Wildman–Crippen LogP) is -0.869. The molecule has 0 saturated heterocycles. The fourth-order valence-corrected chi connectivity index (χ4v) is 2.01. The van der Waals surface area contributed by atoms with Crippen molar-refractivity contribution < 1.29 is 24.0 Å². The molecule has 1 aromatic heterocycles. The average molecular weight is 315 g/mol. The minimum atomic E-state index is -1.06. The number of amides is 3. The molecular formula is C13H9N5O5. The first kappa shape index (κ1) is 14.4. The zero-order valence-corrected chi connectivity index (χ0v) is 11.5. The van der Waals surface area contributed by atoms with Crippen molar-refractivity contribution in [3.05, 3.63) is 47.3 Å². The molecule has 3 amide bonds. The molecule has 0 atom stereocenters. The smallest absolute Gasteiger partial charge is 0.368 e. The average Bonchev–Trinajstić information content (AvgIpc) is 3.06. The van der Waals surface area contributed by atoms with Gasteiger partial charge in [0.15, 0.2) is 5.69 Å². The van der Waals surface area contributed by atoms with E-state index in [0.29, 0.717) is 5.06 Å². The van der Waals surface area contributed by atoms with Crippen molar-refractivity contribution in [1.82, 2.24) is 20.1 Å².